The number of hydrogen-bond donors (Lipinski definition) is 1. The Kier molecular flexibility index (Phi) is 4.56. The van der Waals surface area contributed by atoms with Crippen molar-refractivity contribution >= 4 is 5.69 Å². The lowest BCUT2D eigenvalue weighted by Gasteiger charge is -2.09. The molecule has 0 fully saturated rings. The van der Waals surface area contributed by atoms with Crippen LogP contribution in [0.4, 0.5) is 10.1 Å². The molecule has 0 unspecified atom stereocenters. The molecule has 0 aliphatic rings. The molecule has 4 heteroatoms. The van der Waals surface area contributed by atoms with Crippen LogP contribution in [0.5, 0.6) is 5.75 Å². The Hall–Kier alpha value is -2.54. The number of halogens is 1. The van der Waals surface area contributed by atoms with Crippen LogP contribution in [-0.4, -0.2) is 6.61 Å². The maximum absolute atomic E-state index is 13.2. The topological polar surface area (TPSA) is 45.0 Å². The van der Waals surface area contributed by atoms with Gasteiger partial charge in [0.2, 0.25) is 0 Å². The third-order valence-electron chi connectivity index (χ3n) is 2.86. The molecule has 3 nitrogen and oxygen atoms in total. The molecule has 102 valence electrons. The van der Waals surface area contributed by atoms with Crippen molar-refractivity contribution in [1.29, 1.82) is 5.26 Å². The number of nitrogens with one attached hydrogen (secondary N) is 1. The van der Waals surface area contributed by atoms with Crippen LogP contribution in [0.1, 0.15) is 11.1 Å². The van der Waals surface area contributed by atoms with Gasteiger partial charge in [-0.1, -0.05) is 18.2 Å². The van der Waals surface area contributed by atoms with Gasteiger partial charge in [0.15, 0.2) is 6.61 Å². The highest BCUT2D eigenvalue weighted by molar-refractivity contribution is 5.48. The van der Waals surface area contributed by atoms with Crippen molar-refractivity contribution < 1.29 is 9.13 Å². The summed E-state index contributed by atoms with van der Waals surface area (Å²) in [5.74, 6) is 0.451. The Balaban J connectivity index is 1.99. The lowest BCUT2D eigenvalue weighted by atomic mass is 10.1. The fourth-order valence-electron chi connectivity index (χ4n) is 1.83. The van der Waals surface area contributed by atoms with Crippen molar-refractivity contribution in [2.24, 2.45) is 0 Å². The average Bonchev–Trinajstić information content (AvgIpc) is 2.47. The summed E-state index contributed by atoms with van der Waals surface area (Å²) in [6, 6.07) is 14.4. The minimum absolute atomic E-state index is 0.0284. The second kappa shape index (κ2) is 6.58. The predicted octanol–water partition coefficient (Wildman–Crippen LogP) is 3.65. The van der Waals surface area contributed by atoms with Crippen molar-refractivity contribution in [2.75, 3.05) is 11.9 Å². The molecule has 0 heterocycles. The van der Waals surface area contributed by atoms with Crippen molar-refractivity contribution in [3.63, 3.8) is 0 Å². The number of nitriles is 1. The Morgan fingerprint density at radius 2 is 2.10 bits per heavy atom. The standard InChI is InChI=1S/C16H15FN2O/c1-12-9-13(5-6-16(12)17)11-19-14-3-2-4-15(10-14)20-8-7-18/h2-6,9-10,19H,8,11H2,1H3. The Labute approximate surface area is 117 Å². The van der Waals surface area contributed by atoms with Crippen LogP contribution in [0, 0.1) is 24.1 Å². The fraction of sp³-hybridized carbons (Fsp3) is 0.188. The molecule has 20 heavy (non-hydrogen) atoms. The highest BCUT2D eigenvalue weighted by Crippen LogP contribution is 2.18. The summed E-state index contributed by atoms with van der Waals surface area (Å²) in [5, 5.41) is 11.7. The second-order valence-electron chi connectivity index (χ2n) is 4.41. The third kappa shape index (κ3) is 3.72. The first kappa shape index (κ1) is 13.9. The summed E-state index contributed by atoms with van der Waals surface area (Å²) < 4.78 is 18.4. The summed E-state index contributed by atoms with van der Waals surface area (Å²) in [6.07, 6.45) is 0. The van der Waals surface area contributed by atoms with Crippen LogP contribution < -0.4 is 10.1 Å². The zero-order valence-electron chi connectivity index (χ0n) is 11.2. The molecule has 0 aromatic heterocycles. The van der Waals surface area contributed by atoms with E-state index in [1.807, 2.05) is 30.3 Å². The largest absolute Gasteiger partial charge is 0.479 e. The van der Waals surface area contributed by atoms with Crippen LogP contribution in [-0.2, 0) is 6.54 Å². The molecule has 0 aliphatic heterocycles. The summed E-state index contributed by atoms with van der Waals surface area (Å²) in [5.41, 5.74) is 2.53. The van der Waals surface area contributed by atoms with E-state index in [0.717, 1.165) is 11.3 Å². The van der Waals surface area contributed by atoms with E-state index < -0.39 is 0 Å². The summed E-state index contributed by atoms with van der Waals surface area (Å²) in [4.78, 5) is 0. The molecule has 0 saturated carbocycles. The fourth-order valence-corrected chi connectivity index (χ4v) is 1.83. The van der Waals surface area contributed by atoms with E-state index in [2.05, 4.69) is 5.32 Å². The van der Waals surface area contributed by atoms with E-state index in [9.17, 15) is 4.39 Å². The second-order valence-corrected chi connectivity index (χ2v) is 4.41. The minimum Gasteiger partial charge on any atom is -0.479 e. The third-order valence-corrected chi connectivity index (χ3v) is 2.86. The quantitative estimate of drug-likeness (QED) is 0.902. The number of nitrogens with zero attached hydrogens (tertiary/aromatic N) is 1. The first-order chi connectivity index (χ1) is 9.69. The first-order valence-corrected chi connectivity index (χ1v) is 6.28. The number of aryl methyl sites for hydroxylation is 1. The van der Waals surface area contributed by atoms with Gasteiger partial charge in [-0.15, -0.1) is 0 Å². The zero-order chi connectivity index (χ0) is 14.4. The van der Waals surface area contributed by atoms with Gasteiger partial charge >= 0.3 is 0 Å². The van der Waals surface area contributed by atoms with Crippen LogP contribution >= 0.6 is 0 Å². The average molecular weight is 270 g/mol. The maximum atomic E-state index is 13.2. The zero-order valence-corrected chi connectivity index (χ0v) is 11.2. The molecular formula is C16H15FN2O. The smallest absolute Gasteiger partial charge is 0.174 e. The van der Waals surface area contributed by atoms with Gasteiger partial charge < -0.3 is 10.1 Å². The Morgan fingerprint density at radius 3 is 2.85 bits per heavy atom. The molecular weight excluding hydrogens is 255 g/mol. The molecule has 0 radical (unpaired) electrons. The van der Waals surface area contributed by atoms with Crippen LogP contribution in [0.15, 0.2) is 42.5 Å². The molecule has 0 atom stereocenters. The first-order valence-electron chi connectivity index (χ1n) is 6.28. The van der Waals surface area contributed by atoms with E-state index in [-0.39, 0.29) is 12.4 Å². The van der Waals surface area contributed by atoms with Crippen molar-refractivity contribution in [2.45, 2.75) is 13.5 Å². The van der Waals surface area contributed by atoms with Crippen LogP contribution in [0.25, 0.3) is 0 Å². The summed E-state index contributed by atoms with van der Waals surface area (Å²) >= 11 is 0. The molecule has 2 aromatic carbocycles. The van der Waals surface area contributed by atoms with Gasteiger partial charge in [-0.2, -0.15) is 5.26 Å². The van der Waals surface area contributed by atoms with E-state index in [1.54, 1.807) is 19.1 Å². The molecule has 1 N–H and O–H groups in total. The molecule has 0 aliphatic carbocycles. The van der Waals surface area contributed by atoms with E-state index >= 15 is 0 Å². The number of benzene rings is 2. The van der Waals surface area contributed by atoms with Crippen LogP contribution in [0.3, 0.4) is 0 Å². The number of ether oxygens (including phenoxy) is 1. The highest BCUT2D eigenvalue weighted by Gasteiger charge is 2.00. The SMILES string of the molecule is Cc1cc(CNc2cccc(OCC#N)c2)ccc1F. The summed E-state index contributed by atoms with van der Waals surface area (Å²) in [7, 11) is 0. The summed E-state index contributed by atoms with van der Waals surface area (Å²) in [6.45, 7) is 2.37. The number of hydrogen-bond acceptors (Lipinski definition) is 3. The number of anilines is 1. The van der Waals surface area contributed by atoms with Gasteiger partial charge in [-0.25, -0.2) is 4.39 Å². The van der Waals surface area contributed by atoms with Crippen molar-refractivity contribution in [3.8, 4) is 11.8 Å². The molecule has 2 aromatic rings. The van der Waals surface area contributed by atoms with Gasteiger partial charge in [0.25, 0.3) is 0 Å². The van der Waals surface area contributed by atoms with Crippen molar-refractivity contribution in [1.82, 2.24) is 0 Å². The monoisotopic (exact) mass is 270 g/mol. The maximum Gasteiger partial charge on any atom is 0.174 e. The number of rotatable bonds is 5. The van der Waals surface area contributed by atoms with Gasteiger partial charge in [-0.05, 0) is 36.2 Å². The molecule has 0 amide bonds. The molecule has 0 spiro atoms. The van der Waals surface area contributed by atoms with E-state index in [1.165, 1.54) is 6.07 Å². The lowest BCUT2D eigenvalue weighted by Crippen LogP contribution is -2.01. The molecule has 0 bridgehead atoms. The van der Waals surface area contributed by atoms with E-state index in [4.69, 9.17) is 10.00 Å². The predicted molar refractivity (Wildman–Crippen MR) is 76.0 cm³/mol. The lowest BCUT2D eigenvalue weighted by molar-refractivity contribution is 0.368. The Morgan fingerprint density at radius 1 is 1.25 bits per heavy atom. The van der Waals surface area contributed by atoms with Crippen molar-refractivity contribution in [3.05, 3.63) is 59.4 Å². The normalized spacial score (nSPS) is 9.85. The van der Waals surface area contributed by atoms with Gasteiger partial charge in [0, 0.05) is 18.3 Å². The minimum atomic E-state index is -0.194. The highest BCUT2D eigenvalue weighted by atomic mass is 19.1. The van der Waals surface area contributed by atoms with Gasteiger partial charge in [0.1, 0.15) is 17.6 Å². The van der Waals surface area contributed by atoms with E-state index in [0.29, 0.717) is 17.9 Å². The van der Waals surface area contributed by atoms with Gasteiger partial charge in [0.05, 0.1) is 0 Å². The molecule has 2 rings (SSSR count). The Bertz CT molecular complexity index is 635. The molecule has 0 saturated heterocycles. The van der Waals surface area contributed by atoms with Crippen LogP contribution in [0.2, 0.25) is 0 Å². The van der Waals surface area contributed by atoms with Gasteiger partial charge in [-0.3, -0.25) is 0 Å².